The summed E-state index contributed by atoms with van der Waals surface area (Å²) in [4.78, 5) is 42.8. The van der Waals surface area contributed by atoms with E-state index in [1.165, 1.54) is 0 Å². The minimum atomic E-state index is -0.351. The van der Waals surface area contributed by atoms with E-state index in [4.69, 9.17) is 4.74 Å². The zero-order valence-corrected chi connectivity index (χ0v) is 15.4. The van der Waals surface area contributed by atoms with Crippen molar-refractivity contribution in [3.05, 3.63) is 56.8 Å². The molecule has 2 heterocycles. The van der Waals surface area contributed by atoms with Crippen molar-refractivity contribution in [3.63, 3.8) is 0 Å². The fourth-order valence-electron chi connectivity index (χ4n) is 2.81. The summed E-state index contributed by atoms with van der Waals surface area (Å²) in [6.45, 7) is -0.0239. The Bertz CT molecular complexity index is 1140. The highest BCUT2D eigenvalue weighted by molar-refractivity contribution is 9.10. The largest absolute Gasteiger partial charge is 0.482 e. The average Bonchev–Trinajstić information content (AvgIpc) is 2.61. The molecule has 3 aromatic rings. The van der Waals surface area contributed by atoms with Gasteiger partial charge in [-0.1, -0.05) is 12.1 Å². The van der Waals surface area contributed by atoms with Crippen LogP contribution in [0.1, 0.15) is 5.56 Å². The summed E-state index contributed by atoms with van der Waals surface area (Å²) in [7, 11) is 0. The monoisotopic (exact) mass is 428 g/mol. The number of ether oxygens (including phenoxy) is 1. The van der Waals surface area contributed by atoms with Crippen molar-refractivity contribution in [2.24, 2.45) is 0 Å². The highest BCUT2D eigenvalue weighted by Gasteiger charge is 2.17. The van der Waals surface area contributed by atoms with Crippen LogP contribution >= 0.6 is 15.9 Å². The maximum atomic E-state index is 12.3. The molecule has 0 saturated heterocycles. The number of H-pyrrole nitrogens is 1. The van der Waals surface area contributed by atoms with Gasteiger partial charge in [-0.2, -0.15) is 0 Å². The third-order valence-corrected chi connectivity index (χ3v) is 4.64. The summed E-state index contributed by atoms with van der Waals surface area (Å²) in [6, 6.07) is 10.3. The molecule has 1 aliphatic heterocycles. The lowest BCUT2D eigenvalue weighted by Crippen LogP contribution is -2.25. The number of halogens is 1. The van der Waals surface area contributed by atoms with Crippen LogP contribution in [-0.2, 0) is 16.0 Å². The van der Waals surface area contributed by atoms with E-state index in [-0.39, 0.29) is 36.3 Å². The number of rotatable bonds is 3. The summed E-state index contributed by atoms with van der Waals surface area (Å²) in [5.74, 6) is 0.0405. The molecule has 0 saturated carbocycles. The molecular formula is C18H13BrN4O4. The van der Waals surface area contributed by atoms with Gasteiger partial charge in [-0.25, -0.2) is 4.98 Å². The molecule has 0 unspecified atom stereocenters. The van der Waals surface area contributed by atoms with E-state index >= 15 is 0 Å². The number of nitrogens with one attached hydrogen (secondary N) is 3. The molecule has 0 spiro atoms. The summed E-state index contributed by atoms with van der Waals surface area (Å²) in [6.07, 6.45) is 0.0450. The van der Waals surface area contributed by atoms with Crippen LogP contribution in [0.15, 0.2) is 45.7 Å². The normalized spacial score (nSPS) is 12.9. The molecule has 2 amide bonds. The number of hydrogen-bond donors (Lipinski definition) is 3. The number of aromatic amines is 1. The quantitative estimate of drug-likeness (QED) is 0.591. The maximum absolute atomic E-state index is 12.3. The lowest BCUT2D eigenvalue weighted by Gasteiger charge is -2.18. The van der Waals surface area contributed by atoms with E-state index in [9.17, 15) is 14.4 Å². The van der Waals surface area contributed by atoms with Crippen molar-refractivity contribution < 1.29 is 14.3 Å². The fraction of sp³-hybridized carbons (Fsp3) is 0.111. The fourth-order valence-corrected chi connectivity index (χ4v) is 3.35. The Labute approximate surface area is 161 Å². The summed E-state index contributed by atoms with van der Waals surface area (Å²) in [5, 5.41) is 5.71. The second-order valence-electron chi connectivity index (χ2n) is 5.94. The lowest BCUT2D eigenvalue weighted by atomic mass is 10.1. The third-order valence-electron chi connectivity index (χ3n) is 3.98. The zero-order valence-electron chi connectivity index (χ0n) is 13.8. The first kappa shape index (κ1) is 17.2. The third kappa shape index (κ3) is 3.54. The number of carbonyl (C=O) groups excluding carboxylic acids is 2. The molecule has 0 aliphatic carbocycles. The highest BCUT2D eigenvalue weighted by Crippen LogP contribution is 2.28. The van der Waals surface area contributed by atoms with Crippen LogP contribution in [0.25, 0.3) is 10.9 Å². The molecule has 136 valence electrons. The molecule has 2 aromatic carbocycles. The minimum absolute atomic E-state index is 0.0239. The molecule has 0 bridgehead atoms. The number of hydrogen-bond acceptors (Lipinski definition) is 5. The Morgan fingerprint density at radius 1 is 1.26 bits per heavy atom. The molecular weight excluding hydrogens is 416 g/mol. The first-order valence-corrected chi connectivity index (χ1v) is 8.83. The second-order valence-corrected chi connectivity index (χ2v) is 6.80. The maximum Gasteiger partial charge on any atom is 0.262 e. The topological polar surface area (TPSA) is 113 Å². The Morgan fingerprint density at radius 3 is 2.96 bits per heavy atom. The van der Waals surface area contributed by atoms with Crippen LogP contribution in [0.4, 0.5) is 11.6 Å². The van der Waals surface area contributed by atoms with Gasteiger partial charge in [-0.3, -0.25) is 24.7 Å². The van der Waals surface area contributed by atoms with Crippen LogP contribution in [0.2, 0.25) is 0 Å². The van der Waals surface area contributed by atoms with Crippen molar-refractivity contribution in [2.45, 2.75) is 6.42 Å². The van der Waals surface area contributed by atoms with Crippen molar-refractivity contribution >= 4 is 50.3 Å². The standard InChI is InChI=1S/C18H13BrN4O4/c19-10-2-1-3-11-16(10)17(26)23-18(21-11)22-14(24)7-9-4-5-13-12(6-9)20-15(25)8-27-13/h1-6H,7-8H2,(H,20,25)(H2,21,22,23,24,26). The summed E-state index contributed by atoms with van der Waals surface area (Å²) >= 11 is 3.31. The first-order chi connectivity index (χ1) is 13.0. The SMILES string of the molecule is O=C(Cc1ccc2c(c1)NC(=O)CO2)Nc1nc2cccc(Br)c2c(=O)[nH]1. The van der Waals surface area contributed by atoms with E-state index in [2.05, 4.69) is 36.5 Å². The predicted octanol–water partition coefficient (Wildman–Crippen LogP) is 2.20. The molecule has 0 fully saturated rings. The van der Waals surface area contributed by atoms with E-state index in [1.807, 2.05) is 0 Å². The second kappa shape index (κ2) is 6.84. The molecule has 8 nitrogen and oxygen atoms in total. The minimum Gasteiger partial charge on any atom is -0.482 e. The molecule has 0 atom stereocenters. The first-order valence-electron chi connectivity index (χ1n) is 8.03. The van der Waals surface area contributed by atoms with Gasteiger partial charge in [0.15, 0.2) is 6.61 Å². The van der Waals surface area contributed by atoms with Gasteiger partial charge in [0.1, 0.15) is 5.75 Å². The Hall–Kier alpha value is -3.20. The number of fused-ring (bicyclic) bond motifs is 2. The van der Waals surface area contributed by atoms with Crippen molar-refractivity contribution in [2.75, 3.05) is 17.2 Å². The molecule has 9 heteroatoms. The van der Waals surface area contributed by atoms with Crippen molar-refractivity contribution in [3.8, 4) is 5.75 Å². The summed E-state index contributed by atoms with van der Waals surface area (Å²) < 4.78 is 5.92. The van der Waals surface area contributed by atoms with Gasteiger partial charge in [-0.15, -0.1) is 0 Å². The van der Waals surface area contributed by atoms with E-state index < -0.39 is 0 Å². The van der Waals surface area contributed by atoms with Gasteiger partial charge >= 0.3 is 0 Å². The number of amides is 2. The number of anilines is 2. The van der Waals surface area contributed by atoms with E-state index in [1.54, 1.807) is 36.4 Å². The van der Waals surface area contributed by atoms with Crippen molar-refractivity contribution in [1.82, 2.24) is 9.97 Å². The van der Waals surface area contributed by atoms with Crippen LogP contribution in [0.5, 0.6) is 5.75 Å². The average molecular weight is 429 g/mol. The zero-order chi connectivity index (χ0) is 19.0. The molecule has 3 N–H and O–H groups in total. The van der Waals surface area contributed by atoms with Gasteiger partial charge in [0, 0.05) is 4.47 Å². The van der Waals surface area contributed by atoms with Crippen LogP contribution in [0, 0.1) is 0 Å². The molecule has 1 aliphatic rings. The molecule has 1 aromatic heterocycles. The molecule has 4 rings (SSSR count). The van der Waals surface area contributed by atoms with Gasteiger partial charge in [-0.05, 0) is 45.8 Å². The van der Waals surface area contributed by atoms with Crippen LogP contribution < -0.4 is 20.9 Å². The molecule has 27 heavy (non-hydrogen) atoms. The van der Waals surface area contributed by atoms with E-state index in [0.29, 0.717) is 32.4 Å². The highest BCUT2D eigenvalue weighted by atomic mass is 79.9. The van der Waals surface area contributed by atoms with Gasteiger partial charge < -0.3 is 10.1 Å². The smallest absolute Gasteiger partial charge is 0.262 e. The Morgan fingerprint density at radius 2 is 2.11 bits per heavy atom. The predicted molar refractivity (Wildman–Crippen MR) is 103 cm³/mol. The van der Waals surface area contributed by atoms with Gasteiger partial charge in [0.05, 0.1) is 23.0 Å². The number of aromatic nitrogens is 2. The molecule has 0 radical (unpaired) electrons. The number of benzene rings is 2. The van der Waals surface area contributed by atoms with Gasteiger partial charge in [0.2, 0.25) is 11.9 Å². The van der Waals surface area contributed by atoms with Crippen molar-refractivity contribution in [1.29, 1.82) is 0 Å². The lowest BCUT2D eigenvalue weighted by molar-refractivity contribution is -0.118. The Kier molecular flexibility index (Phi) is 4.36. The summed E-state index contributed by atoms with van der Waals surface area (Å²) in [5.41, 5.74) is 1.33. The van der Waals surface area contributed by atoms with Crippen LogP contribution in [-0.4, -0.2) is 28.4 Å². The Balaban J connectivity index is 1.53. The van der Waals surface area contributed by atoms with Gasteiger partial charge in [0.25, 0.3) is 11.5 Å². The number of carbonyl (C=O) groups is 2. The number of nitrogens with zero attached hydrogens (tertiary/aromatic N) is 1. The van der Waals surface area contributed by atoms with E-state index in [0.717, 1.165) is 0 Å². The van der Waals surface area contributed by atoms with Crippen LogP contribution in [0.3, 0.4) is 0 Å².